The van der Waals surface area contributed by atoms with Gasteiger partial charge >= 0.3 is 11.9 Å². The molecule has 0 saturated carbocycles. The molecule has 0 aromatic rings. The zero-order valence-corrected chi connectivity index (χ0v) is 8.84. The van der Waals surface area contributed by atoms with E-state index < -0.39 is 23.4 Å². The van der Waals surface area contributed by atoms with Crippen LogP contribution in [0.1, 0.15) is 34.1 Å². The van der Waals surface area contributed by atoms with E-state index in [4.69, 9.17) is 4.74 Å². The first-order valence-electron chi connectivity index (χ1n) is 4.33. The number of nitrogens with one attached hydrogen (secondary N) is 1. The fraction of sp³-hybridized carbons (Fsp3) is 0.667. The second-order valence-electron chi connectivity index (χ2n) is 3.51. The number of esters is 1. The summed E-state index contributed by atoms with van der Waals surface area (Å²) >= 11 is 0. The maximum Gasteiger partial charge on any atom is 0.397 e. The highest BCUT2D eigenvalue weighted by atomic mass is 16.6. The van der Waals surface area contributed by atoms with E-state index >= 15 is 0 Å². The molecule has 80 valence electrons. The molecule has 5 nitrogen and oxygen atoms in total. The van der Waals surface area contributed by atoms with E-state index in [9.17, 15) is 14.4 Å². The molecular formula is C9H15NO4. The molecule has 0 aromatic heterocycles. The number of imide groups is 1. The van der Waals surface area contributed by atoms with Gasteiger partial charge in [-0.2, -0.15) is 0 Å². The van der Waals surface area contributed by atoms with Crippen molar-refractivity contribution in [3.05, 3.63) is 0 Å². The van der Waals surface area contributed by atoms with Crippen molar-refractivity contribution >= 4 is 17.8 Å². The summed E-state index contributed by atoms with van der Waals surface area (Å²) in [4.78, 5) is 32.5. The van der Waals surface area contributed by atoms with Crippen LogP contribution in [0.25, 0.3) is 0 Å². The van der Waals surface area contributed by atoms with Crippen LogP contribution in [0.5, 0.6) is 0 Å². The third-order valence-corrected chi connectivity index (χ3v) is 1.70. The van der Waals surface area contributed by atoms with Crippen LogP contribution in [0, 0.1) is 0 Å². The second kappa shape index (κ2) is 4.74. The molecule has 2 amide bonds. The highest BCUT2D eigenvalue weighted by Crippen LogP contribution is 2.13. The van der Waals surface area contributed by atoms with Gasteiger partial charge in [-0.15, -0.1) is 0 Å². The lowest BCUT2D eigenvalue weighted by molar-refractivity contribution is -0.165. The molecule has 0 heterocycles. The Morgan fingerprint density at radius 2 is 1.79 bits per heavy atom. The molecule has 0 aliphatic heterocycles. The largest absolute Gasteiger partial charge is 0.453 e. The smallest absolute Gasteiger partial charge is 0.397 e. The quantitative estimate of drug-likeness (QED) is 0.518. The van der Waals surface area contributed by atoms with Gasteiger partial charge in [-0.05, 0) is 20.3 Å². The summed E-state index contributed by atoms with van der Waals surface area (Å²) in [7, 11) is 0. The van der Waals surface area contributed by atoms with Gasteiger partial charge in [0.2, 0.25) is 5.91 Å². The normalized spacial score (nSPS) is 10.6. The molecule has 0 radical (unpaired) electrons. The van der Waals surface area contributed by atoms with Crippen molar-refractivity contribution in [2.24, 2.45) is 0 Å². The molecule has 0 rings (SSSR count). The van der Waals surface area contributed by atoms with Gasteiger partial charge in [0.05, 0.1) is 0 Å². The van der Waals surface area contributed by atoms with Gasteiger partial charge in [0, 0.05) is 6.92 Å². The maximum absolute atomic E-state index is 11.1. The Bertz CT molecular complexity index is 258. The van der Waals surface area contributed by atoms with Crippen molar-refractivity contribution in [2.45, 2.75) is 39.7 Å². The molecule has 0 spiro atoms. The van der Waals surface area contributed by atoms with Crippen LogP contribution in [-0.4, -0.2) is 23.4 Å². The van der Waals surface area contributed by atoms with Gasteiger partial charge in [-0.25, -0.2) is 4.79 Å². The zero-order valence-electron chi connectivity index (χ0n) is 8.84. The molecule has 0 aromatic carbocycles. The summed E-state index contributed by atoms with van der Waals surface area (Å²) in [5.41, 5.74) is -0.689. The summed E-state index contributed by atoms with van der Waals surface area (Å²) in [6.07, 6.45) is 0.589. The molecule has 5 heteroatoms. The number of carbonyl (C=O) groups excluding carboxylic acids is 3. The summed E-state index contributed by atoms with van der Waals surface area (Å²) in [5.74, 6) is -2.65. The first-order chi connectivity index (χ1) is 6.28. The first-order valence-corrected chi connectivity index (χ1v) is 4.33. The number of carbonyl (C=O) groups is 3. The fourth-order valence-electron chi connectivity index (χ4n) is 0.580. The Kier molecular flexibility index (Phi) is 4.27. The number of ether oxygens (including phenoxy) is 1. The summed E-state index contributed by atoms with van der Waals surface area (Å²) < 4.78 is 4.85. The minimum atomic E-state index is -1.04. The maximum atomic E-state index is 11.1. The standard InChI is InChI=1S/C9H15NO4/c1-5-9(3,4)14-8(13)7(12)10-6(2)11/h5H2,1-4H3,(H,10,11,12). The lowest BCUT2D eigenvalue weighted by Gasteiger charge is -2.22. The first kappa shape index (κ1) is 12.6. The number of rotatable bonds is 2. The van der Waals surface area contributed by atoms with Crippen LogP contribution in [0.3, 0.4) is 0 Å². The Balaban J connectivity index is 4.22. The van der Waals surface area contributed by atoms with Crippen LogP contribution in [0.2, 0.25) is 0 Å². The third-order valence-electron chi connectivity index (χ3n) is 1.70. The van der Waals surface area contributed by atoms with Gasteiger partial charge in [0.15, 0.2) is 0 Å². The Morgan fingerprint density at radius 1 is 1.29 bits per heavy atom. The van der Waals surface area contributed by atoms with E-state index in [1.807, 2.05) is 12.2 Å². The van der Waals surface area contributed by atoms with Gasteiger partial charge in [0.1, 0.15) is 5.60 Å². The SMILES string of the molecule is CCC(C)(C)OC(=O)C(=O)NC(C)=O. The lowest BCUT2D eigenvalue weighted by Crippen LogP contribution is -2.39. The molecule has 1 N–H and O–H groups in total. The minimum Gasteiger partial charge on any atom is -0.453 e. The van der Waals surface area contributed by atoms with E-state index in [0.29, 0.717) is 6.42 Å². The molecule has 0 aliphatic carbocycles. The summed E-state index contributed by atoms with van der Waals surface area (Å²) in [6, 6.07) is 0. The van der Waals surface area contributed by atoms with E-state index in [0.717, 1.165) is 6.92 Å². The predicted octanol–water partition coefficient (Wildman–Crippen LogP) is 0.381. The van der Waals surface area contributed by atoms with Gasteiger partial charge in [0.25, 0.3) is 0 Å². The van der Waals surface area contributed by atoms with Crippen LogP contribution >= 0.6 is 0 Å². The van der Waals surface area contributed by atoms with E-state index in [1.54, 1.807) is 13.8 Å². The van der Waals surface area contributed by atoms with E-state index in [-0.39, 0.29) is 0 Å². The van der Waals surface area contributed by atoms with Crippen molar-refractivity contribution in [2.75, 3.05) is 0 Å². The van der Waals surface area contributed by atoms with Crippen molar-refractivity contribution in [3.8, 4) is 0 Å². The summed E-state index contributed by atoms with van der Waals surface area (Å²) in [6.45, 7) is 6.35. The monoisotopic (exact) mass is 201 g/mol. The number of hydrogen-bond acceptors (Lipinski definition) is 4. The van der Waals surface area contributed by atoms with Crippen LogP contribution in [-0.2, 0) is 19.1 Å². The van der Waals surface area contributed by atoms with Crippen molar-refractivity contribution < 1.29 is 19.1 Å². The minimum absolute atomic E-state index is 0.582. The molecule has 0 atom stereocenters. The molecule has 0 aliphatic rings. The number of hydrogen-bond donors (Lipinski definition) is 1. The highest BCUT2D eigenvalue weighted by molar-refractivity contribution is 6.35. The number of amides is 2. The van der Waals surface area contributed by atoms with Crippen molar-refractivity contribution in [3.63, 3.8) is 0 Å². The van der Waals surface area contributed by atoms with Crippen LogP contribution < -0.4 is 5.32 Å². The van der Waals surface area contributed by atoms with Gasteiger partial charge in [-0.1, -0.05) is 6.92 Å². The van der Waals surface area contributed by atoms with Gasteiger partial charge < -0.3 is 4.74 Å². The molecular weight excluding hydrogens is 186 g/mol. The third kappa shape index (κ3) is 4.59. The topological polar surface area (TPSA) is 72.5 Å². The van der Waals surface area contributed by atoms with Crippen molar-refractivity contribution in [1.29, 1.82) is 0 Å². The predicted molar refractivity (Wildman–Crippen MR) is 49.3 cm³/mol. The molecule has 0 fully saturated rings. The Morgan fingerprint density at radius 3 is 2.14 bits per heavy atom. The average molecular weight is 201 g/mol. The van der Waals surface area contributed by atoms with E-state index in [1.165, 1.54) is 0 Å². The summed E-state index contributed by atoms with van der Waals surface area (Å²) in [5, 5.41) is 1.84. The Hall–Kier alpha value is -1.39. The van der Waals surface area contributed by atoms with Gasteiger partial charge in [-0.3, -0.25) is 14.9 Å². The Labute approximate surface area is 82.8 Å². The molecule has 0 saturated heterocycles. The molecule has 14 heavy (non-hydrogen) atoms. The average Bonchev–Trinajstić information content (AvgIpc) is 2.02. The second-order valence-corrected chi connectivity index (χ2v) is 3.51. The van der Waals surface area contributed by atoms with Crippen LogP contribution in [0.15, 0.2) is 0 Å². The molecule has 0 unspecified atom stereocenters. The van der Waals surface area contributed by atoms with E-state index in [2.05, 4.69) is 0 Å². The zero-order chi connectivity index (χ0) is 11.4. The van der Waals surface area contributed by atoms with Crippen LogP contribution in [0.4, 0.5) is 0 Å². The lowest BCUT2D eigenvalue weighted by atomic mass is 10.1. The molecule has 0 bridgehead atoms. The van der Waals surface area contributed by atoms with Crippen molar-refractivity contribution in [1.82, 2.24) is 5.32 Å². The fourth-order valence-corrected chi connectivity index (χ4v) is 0.580. The highest BCUT2D eigenvalue weighted by Gasteiger charge is 2.25.